The van der Waals surface area contributed by atoms with Crippen LogP contribution in [-0.2, 0) is 6.42 Å². The SMILES string of the molecule is CC(C)Cc1cc(NN)nc(-c2cc(Br)cs2)n1. The van der Waals surface area contributed by atoms with Gasteiger partial charge in [-0.2, -0.15) is 0 Å². The number of anilines is 1. The Morgan fingerprint density at radius 1 is 1.39 bits per heavy atom. The second kappa shape index (κ2) is 5.77. The van der Waals surface area contributed by atoms with E-state index in [1.54, 1.807) is 11.3 Å². The van der Waals surface area contributed by atoms with Crippen molar-refractivity contribution in [2.24, 2.45) is 11.8 Å². The van der Waals surface area contributed by atoms with Crippen LogP contribution >= 0.6 is 27.3 Å². The number of rotatable bonds is 4. The van der Waals surface area contributed by atoms with Gasteiger partial charge in [0.15, 0.2) is 5.82 Å². The molecule has 0 bridgehead atoms. The number of hydrogen-bond donors (Lipinski definition) is 2. The monoisotopic (exact) mass is 326 g/mol. The zero-order valence-electron chi connectivity index (χ0n) is 10.3. The molecule has 18 heavy (non-hydrogen) atoms. The topological polar surface area (TPSA) is 63.8 Å². The molecule has 4 nitrogen and oxygen atoms in total. The van der Waals surface area contributed by atoms with Gasteiger partial charge in [0.05, 0.1) is 4.88 Å². The summed E-state index contributed by atoms with van der Waals surface area (Å²) in [6.07, 6.45) is 0.913. The highest BCUT2D eigenvalue weighted by molar-refractivity contribution is 9.10. The average Bonchev–Trinajstić information content (AvgIpc) is 2.74. The first-order chi connectivity index (χ1) is 8.58. The lowest BCUT2D eigenvalue weighted by Gasteiger charge is -2.08. The van der Waals surface area contributed by atoms with E-state index in [1.807, 2.05) is 17.5 Å². The molecule has 0 aliphatic carbocycles. The van der Waals surface area contributed by atoms with E-state index < -0.39 is 0 Å². The minimum absolute atomic E-state index is 0.549. The molecule has 96 valence electrons. The standard InChI is InChI=1S/C12H15BrN4S/c1-7(2)3-9-5-11(17-14)16-12(15-9)10-4-8(13)6-18-10/h4-7H,3,14H2,1-2H3,(H,15,16,17). The van der Waals surface area contributed by atoms with Crippen molar-refractivity contribution in [3.05, 3.63) is 27.7 Å². The van der Waals surface area contributed by atoms with Crippen LogP contribution in [0.25, 0.3) is 10.7 Å². The molecule has 2 aromatic heterocycles. The van der Waals surface area contributed by atoms with Gasteiger partial charge in [-0.15, -0.1) is 11.3 Å². The molecule has 0 radical (unpaired) electrons. The number of nitrogen functional groups attached to an aromatic ring is 1. The summed E-state index contributed by atoms with van der Waals surface area (Å²) in [5, 5.41) is 2.02. The summed E-state index contributed by atoms with van der Waals surface area (Å²) < 4.78 is 1.04. The molecule has 0 spiro atoms. The Hall–Kier alpha value is -0.980. The van der Waals surface area contributed by atoms with E-state index in [2.05, 4.69) is 45.2 Å². The smallest absolute Gasteiger partial charge is 0.171 e. The summed E-state index contributed by atoms with van der Waals surface area (Å²) in [6, 6.07) is 3.91. The van der Waals surface area contributed by atoms with Crippen LogP contribution in [0.3, 0.4) is 0 Å². The summed E-state index contributed by atoms with van der Waals surface area (Å²) in [4.78, 5) is 10.0. The molecule has 3 N–H and O–H groups in total. The lowest BCUT2D eigenvalue weighted by atomic mass is 10.1. The number of hydrogen-bond acceptors (Lipinski definition) is 5. The second-order valence-corrected chi connectivity index (χ2v) is 6.27. The molecule has 0 saturated carbocycles. The van der Waals surface area contributed by atoms with Gasteiger partial charge < -0.3 is 5.43 Å². The van der Waals surface area contributed by atoms with Crippen molar-refractivity contribution < 1.29 is 0 Å². The van der Waals surface area contributed by atoms with Crippen molar-refractivity contribution in [3.8, 4) is 10.7 Å². The summed E-state index contributed by atoms with van der Waals surface area (Å²) >= 11 is 5.05. The first-order valence-electron chi connectivity index (χ1n) is 5.67. The van der Waals surface area contributed by atoms with E-state index in [9.17, 15) is 0 Å². The van der Waals surface area contributed by atoms with Gasteiger partial charge in [-0.3, -0.25) is 0 Å². The number of hydrazine groups is 1. The van der Waals surface area contributed by atoms with Crippen molar-refractivity contribution in [3.63, 3.8) is 0 Å². The maximum atomic E-state index is 5.46. The van der Waals surface area contributed by atoms with Crippen LogP contribution in [0.15, 0.2) is 22.0 Å². The maximum Gasteiger partial charge on any atom is 0.171 e. The van der Waals surface area contributed by atoms with Crippen LogP contribution in [0.2, 0.25) is 0 Å². The van der Waals surface area contributed by atoms with Gasteiger partial charge in [0.2, 0.25) is 0 Å². The number of thiophene rings is 1. The Morgan fingerprint density at radius 2 is 2.17 bits per heavy atom. The fourth-order valence-electron chi connectivity index (χ4n) is 1.63. The Morgan fingerprint density at radius 3 is 2.72 bits per heavy atom. The Balaban J connectivity index is 2.40. The maximum absolute atomic E-state index is 5.46. The van der Waals surface area contributed by atoms with E-state index in [0.717, 1.165) is 27.3 Å². The molecule has 0 atom stereocenters. The van der Waals surface area contributed by atoms with Crippen molar-refractivity contribution >= 4 is 33.1 Å². The van der Waals surface area contributed by atoms with Crippen LogP contribution in [0.1, 0.15) is 19.5 Å². The summed E-state index contributed by atoms with van der Waals surface area (Å²) in [7, 11) is 0. The van der Waals surface area contributed by atoms with Gasteiger partial charge in [-0.05, 0) is 34.3 Å². The molecule has 2 aromatic rings. The van der Waals surface area contributed by atoms with Crippen LogP contribution in [-0.4, -0.2) is 9.97 Å². The molecule has 2 rings (SSSR count). The third-order valence-corrected chi connectivity index (χ3v) is 4.02. The van der Waals surface area contributed by atoms with Crippen molar-refractivity contribution in [2.75, 3.05) is 5.43 Å². The minimum Gasteiger partial charge on any atom is -0.308 e. The molecule has 0 unspecified atom stereocenters. The molecular formula is C12H15BrN4S. The van der Waals surface area contributed by atoms with E-state index in [4.69, 9.17) is 5.84 Å². The van der Waals surface area contributed by atoms with Gasteiger partial charge in [0, 0.05) is 21.6 Å². The van der Waals surface area contributed by atoms with Crippen LogP contribution in [0.4, 0.5) is 5.82 Å². The molecule has 0 saturated heterocycles. The summed E-state index contributed by atoms with van der Waals surface area (Å²) in [6.45, 7) is 4.33. The first-order valence-corrected chi connectivity index (χ1v) is 7.34. The van der Waals surface area contributed by atoms with Gasteiger partial charge in [0.25, 0.3) is 0 Å². The predicted octanol–water partition coefficient (Wildman–Crippen LogP) is 3.45. The molecule has 0 aliphatic heterocycles. The van der Waals surface area contributed by atoms with Crippen LogP contribution in [0.5, 0.6) is 0 Å². The Bertz CT molecular complexity index is 539. The molecular weight excluding hydrogens is 312 g/mol. The third-order valence-electron chi connectivity index (χ3n) is 2.33. The number of nitrogens with zero attached hydrogens (tertiary/aromatic N) is 2. The molecule has 0 fully saturated rings. The zero-order chi connectivity index (χ0) is 13.1. The van der Waals surface area contributed by atoms with Crippen LogP contribution in [0, 0.1) is 5.92 Å². The van der Waals surface area contributed by atoms with E-state index in [-0.39, 0.29) is 0 Å². The zero-order valence-corrected chi connectivity index (χ0v) is 12.7. The minimum atomic E-state index is 0.549. The number of halogens is 1. The fraction of sp³-hybridized carbons (Fsp3) is 0.333. The number of nitrogens with one attached hydrogen (secondary N) is 1. The van der Waals surface area contributed by atoms with E-state index in [0.29, 0.717) is 11.7 Å². The second-order valence-electron chi connectivity index (χ2n) is 4.44. The molecule has 2 heterocycles. The van der Waals surface area contributed by atoms with Gasteiger partial charge in [-0.25, -0.2) is 15.8 Å². The van der Waals surface area contributed by atoms with Crippen molar-refractivity contribution in [1.82, 2.24) is 9.97 Å². The number of nitrogens with two attached hydrogens (primary N) is 1. The molecule has 0 aliphatic rings. The fourth-order valence-corrected chi connectivity index (χ4v) is 2.99. The normalized spacial score (nSPS) is 10.9. The van der Waals surface area contributed by atoms with Gasteiger partial charge >= 0.3 is 0 Å². The first kappa shape index (κ1) is 13.5. The number of aromatic nitrogens is 2. The molecule has 6 heteroatoms. The average molecular weight is 327 g/mol. The highest BCUT2D eigenvalue weighted by atomic mass is 79.9. The lowest BCUT2D eigenvalue weighted by Crippen LogP contribution is -2.11. The highest BCUT2D eigenvalue weighted by Crippen LogP contribution is 2.28. The third kappa shape index (κ3) is 3.28. The summed E-state index contributed by atoms with van der Waals surface area (Å²) in [5.74, 6) is 7.38. The van der Waals surface area contributed by atoms with Gasteiger partial charge in [-0.1, -0.05) is 13.8 Å². The van der Waals surface area contributed by atoms with Crippen molar-refractivity contribution in [2.45, 2.75) is 20.3 Å². The molecule has 0 aromatic carbocycles. The predicted molar refractivity (Wildman–Crippen MR) is 79.4 cm³/mol. The molecule has 0 amide bonds. The quantitative estimate of drug-likeness (QED) is 0.667. The van der Waals surface area contributed by atoms with E-state index >= 15 is 0 Å². The lowest BCUT2D eigenvalue weighted by molar-refractivity contribution is 0.635. The van der Waals surface area contributed by atoms with E-state index in [1.165, 1.54) is 0 Å². The summed E-state index contributed by atoms with van der Waals surface area (Å²) in [5.41, 5.74) is 3.61. The van der Waals surface area contributed by atoms with Crippen LogP contribution < -0.4 is 11.3 Å². The Kier molecular flexibility index (Phi) is 4.31. The highest BCUT2D eigenvalue weighted by Gasteiger charge is 2.09. The Labute approximate surface area is 119 Å². The van der Waals surface area contributed by atoms with Gasteiger partial charge in [0.1, 0.15) is 5.82 Å². The largest absolute Gasteiger partial charge is 0.308 e. The van der Waals surface area contributed by atoms with Crippen molar-refractivity contribution in [1.29, 1.82) is 0 Å².